The van der Waals surface area contributed by atoms with Crippen LogP contribution in [0.5, 0.6) is 0 Å². The van der Waals surface area contributed by atoms with Gasteiger partial charge >= 0.3 is 0 Å². The highest BCUT2D eigenvalue weighted by molar-refractivity contribution is 5.79. The molecule has 1 unspecified atom stereocenters. The molecule has 76 valence electrons. The number of hydrogen-bond donors (Lipinski definition) is 2. The third-order valence-electron chi connectivity index (χ3n) is 2.14. The molecule has 0 aromatic rings. The molecular weight excluding hydrogens is 170 g/mol. The van der Waals surface area contributed by atoms with Crippen LogP contribution in [-0.4, -0.2) is 48.3 Å². The summed E-state index contributed by atoms with van der Waals surface area (Å²) < 4.78 is 5.39. The highest BCUT2D eigenvalue weighted by atomic mass is 16.5. The van der Waals surface area contributed by atoms with E-state index in [9.17, 15) is 0 Å². The summed E-state index contributed by atoms with van der Waals surface area (Å²) in [5.41, 5.74) is 5.37. The second kappa shape index (κ2) is 5.04. The van der Waals surface area contributed by atoms with Crippen LogP contribution in [0, 0.1) is 0 Å². The minimum atomic E-state index is 0.291. The van der Waals surface area contributed by atoms with E-state index in [1.807, 2.05) is 0 Å². The summed E-state index contributed by atoms with van der Waals surface area (Å²) in [7, 11) is 0. The van der Waals surface area contributed by atoms with Gasteiger partial charge in [0.25, 0.3) is 0 Å². The molecule has 0 aliphatic carbocycles. The number of ether oxygens (including phenoxy) is 1. The summed E-state index contributed by atoms with van der Waals surface area (Å²) in [4.78, 5) is 2.26. The van der Waals surface area contributed by atoms with Crippen LogP contribution >= 0.6 is 0 Å². The van der Waals surface area contributed by atoms with Gasteiger partial charge in [0.1, 0.15) is 5.84 Å². The third-order valence-corrected chi connectivity index (χ3v) is 2.14. The summed E-state index contributed by atoms with van der Waals surface area (Å²) in [5, 5.41) is 11.3. The molecule has 5 heteroatoms. The first-order valence-electron chi connectivity index (χ1n) is 4.52. The number of hydrogen-bond acceptors (Lipinski definition) is 4. The Labute approximate surface area is 78.1 Å². The number of oxime groups is 1. The molecule has 5 nitrogen and oxygen atoms in total. The highest BCUT2D eigenvalue weighted by Gasteiger charge is 2.16. The average Bonchev–Trinajstić information content (AvgIpc) is 2.14. The van der Waals surface area contributed by atoms with Gasteiger partial charge in [0.2, 0.25) is 0 Å². The number of morpholine rings is 1. The highest BCUT2D eigenvalue weighted by Crippen LogP contribution is 2.04. The predicted molar refractivity (Wildman–Crippen MR) is 49.9 cm³/mol. The van der Waals surface area contributed by atoms with Gasteiger partial charge in [-0.15, -0.1) is 0 Å². The molecule has 0 aromatic heterocycles. The zero-order chi connectivity index (χ0) is 9.68. The fourth-order valence-corrected chi connectivity index (χ4v) is 1.42. The maximum Gasteiger partial charge on any atom is 0.140 e. The molecule has 13 heavy (non-hydrogen) atoms. The van der Waals surface area contributed by atoms with E-state index in [0.717, 1.165) is 26.2 Å². The van der Waals surface area contributed by atoms with Crippen LogP contribution in [0.25, 0.3) is 0 Å². The molecule has 0 saturated carbocycles. The van der Waals surface area contributed by atoms with Crippen molar-refractivity contribution < 1.29 is 9.94 Å². The largest absolute Gasteiger partial charge is 0.409 e. The predicted octanol–water partition coefficient (Wildman–Crippen LogP) is -0.156. The van der Waals surface area contributed by atoms with E-state index in [1.54, 1.807) is 0 Å². The first-order chi connectivity index (χ1) is 6.22. The molecular formula is C8H17N3O2. The Balaban J connectivity index is 2.20. The number of amidine groups is 1. The molecule has 1 saturated heterocycles. The molecule has 0 bridgehead atoms. The van der Waals surface area contributed by atoms with Gasteiger partial charge in [0.15, 0.2) is 0 Å². The van der Waals surface area contributed by atoms with Crippen molar-refractivity contribution in [2.45, 2.75) is 19.4 Å². The molecule has 1 atom stereocenters. The van der Waals surface area contributed by atoms with Gasteiger partial charge in [-0.05, 0) is 6.92 Å². The Kier molecular flexibility index (Phi) is 3.98. The summed E-state index contributed by atoms with van der Waals surface area (Å²) in [6.07, 6.45) is 0.907. The maximum atomic E-state index is 8.34. The Hall–Kier alpha value is -0.810. The van der Waals surface area contributed by atoms with Crippen molar-refractivity contribution in [2.24, 2.45) is 10.9 Å². The Morgan fingerprint density at radius 1 is 1.77 bits per heavy atom. The van der Waals surface area contributed by atoms with E-state index in [0.29, 0.717) is 18.4 Å². The first kappa shape index (κ1) is 10.3. The lowest BCUT2D eigenvalue weighted by molar-refractivity contribution is -0.0172. The second-order valence-corrected chi connectivity index (χ2v) is 3.32. The molecule has 1 aliphatic heterocycles. The lowest BCUT2D eigenvalue weighted by Crippen LogP contribution is -2.42. The van der Waals surface area contributed by atoms with Gasteiger partial charge in [0, 0.05) is 26.1 Å². The van der Waals surface area contributed by atoms with Crippen molar-refractivity contribution in [1.29, 1.82) is 0 Å². The minimum Gasteiger partial charge on any atom is -0.409 e. The van der Waals surface area contributed by atoms with Crippen molar-refractivity contribution in [3.8, 4) is 0 Å². The Morgan fingerprint density at radius 3 is 3.15 bits per heavy atom. The van der Waals surface area contributed by atoms with Gasteiger partial charge in [-0.1, -0.05) is 5.16 Å². The second-order valence-electron chi connectivity index (χ2n) is 3.32. The van der Waals surface area contributed by atoms with Crippen LogP contribution in [0.15, 0.2) is 5.16 Å². The third kappa shape index (κ3) is 3.61. The van der Waals surface area contributed by atoms with Crippen molar-refractivity contribution in [1.82, 2.24) is 4.90 Å². The molecule has 1 aliphatic rings. The van der Waals surface area contributed by atoms with Gasteiger partial charge in [-0.3, -0.25) is 4.90 Å². The van der Waals surface area contributed by atoms with Gasteiger partial charge in [-0.2, -0.15) is 0 Å². The fraction of sp³-hybridized carbons (Fsp3) is 0.875. The van der Waals surface area contributed by atoms with Crippen LogP contribution in [0.4, 0.5) is 0 Å². The molecule has 0 aromatic carbocycles. The molecule has 1 rings (SSSR count). The van der Waals surface area contributed by atoms with Crippen molar-refractivity contribution in [3.63, 3.8) is 0 Å². The van der Waals surface area contributed by atoms with Crippen molar-refractivity contribution >= 4 is 5.84 Å². The summed E-state index contributed by atoms with van der Waals surface area (Å²) in [6, 6.07) is 0. The summed E-state index contributed by atoms with van der Waals surface area (Å²) in [5.74, 6) is 0.291. The molecule has 0 spiro atoms. The first-order valence-corrected chi connectivity index (χ1v) is 4.52. The zero-order valence-electron chi connectivity index (χ0n) is 7.94. The van der Waals surface area contributed by atoms with Crippen LogP contribution in [-0.2, 0) is 4.74 Å². The van der Waals surface area contributed by atoms with Crippen molar-refractivity contribution in [2.75, 3.05) is 26.2 Å². The van der Waals surface area contributed by atoms with E-state index in [4.69, 9.17) is 15.7 Å². The molecule has 1 heterocycles. The van der Waals surface area contributed by atoms with Crippen LogP contribution in [0.1, 0.15) is 13.3 Å². The van der Waals surface area contributed by atoms with Gasteiger partial charge in [-0.25, -0.2) is 0 Å². The molecule has 0 amide bonds. The minimum absolute atomic E-state index is 0.291. The lowest BCUT2D eigenvalue weighted by atomic mass is 10.2. The standard InChI is InChI=1S/C8H17N3O2/c1-7-6-11(4-5-13-7)3-2-8(9)10-12/h7,12H,2-6H2,1H3,(H2,9,10). The average molecular weight is 187 g/mol. The normalized spacial score (nSPS) is 26.2. The number of rotatable bonds is 3. The van der Waals surface area contributed by atoms with Crippen LogP contribution in [0.3, 0.4) is 0 Å². The van der Waals surface area contributed by atoms with E-state index in [-0.39, 0.29) is 0 Å². The van der Waals surface area contributed by atoms with E-state index in [1.165, 1.54) is 0 Å². The summed E-state index contributed by atoms with van der Waals surface area (Å²) in [6.45, 7) is 5.53. The lowest BCUT2D eigenvalue weighted by Gasteiger charge is -2.30. The Bertz CT molecular complexity index is 184. The van der Waals surface area contributed by atoms with E-state index >= 15 is 0 Å². The van der Waals surface area contributed by atoms with E-state index < -0.39 is 0 Å². The number of nitrogens with zero attached hydrogens (tertiary/aromatic N) is 2. The summed E-state index contributed by atoms with van der Waals surface area (Å²) >= 11 is 0. The molecule has 1 fully saturated rings. The number of nitrogens with two attached hydrogens (primary N) is 1. The maximum absolute atomic E-state index is 8.34. The van der Waals surface area contributed by atoms with Crippen LogP contribution in [0.2, 0.25) is 0 Å². The molecule has 3 N–H and O–H groups in total. The van der Waals surface area contributed by atoms with Gasteiger partial charge in [0.05, 0.1) is 12.7 Å². The van der Waals surface area contributed by atoms with E-state index in [2.05, 4.69) is 17.0 Å². The zero-order valence-corrected chi connectivity index (χ0v) is 7.94. The molecule has 0 radical (unpaired) electrons. The van der Waals surface area contributed by atoms with Gasteiger partial charge < -0.3 is 15.7 Å². The monoisotopic (exact) mass is 187 g/mol. The Morgan fingerprint density at radius 2 is 2.54 bits per heavy atom. The van der Waals surface area contributed by atoms with Crippen molar-refractivity contribution in [3.05, 3.63) is 0 Å². The fourth-order valence-electron chi connectivity index (χ4n) is 1.42. The SMILES string of the molecule is CC1CN(CC/C(N)=N/O)CCO1. The van der Waals surface area contributed by atoms with Crippen LogP contribution < -0.4 is 5.73 Å². The topological polar surface area (TPSA) is 71.1 Å². The quantitative estimate of drug-likeness (QED) is 0.279. The smallest absolute Gasteiger partial charge is 0.140 e.